The molecule has 0 saturated carbocycles. The van der Waals surface area contributed by atoms with Gasteiger partial charge in [0.05, 0.1) is 12.2 Å². The largest absolute Gasteiger partial charge is 0.353 e. The Balaban J connectivity index is 0.00000289. The lowest BCUT2D eigenvalue weighted by molar-refractivity contribution is 0.798. The Hall–Kier alpha value is -0.630. The molecule has 4 nitrogen and oxygen atoms in total. The van der Waals surface area contributed by atoms with Gasteiger partial charge in [-0.1, -0.05) is 19.9 Å². The zero-order chi connectivity index (χ0) is 12.7. The number of hydrogen-bond donors (Lipinski definition) is 2. The topological polar surface area (TPSA) is 49.3 Å². The van der Waals surface area contributed by atoms with Gasteiger partial charge >= 0.3 is 0 Å². The van der Waals surface area contributed by atoms with Crippen molar-refractivity contribution >= 4 is 41.3 Å². The molecule has 0 atom stereocenters. The zero-order valence-corrected chi connectivity index (χ0v) is 14.2. The van der Waals surface area contributed by atoms with Crippen LogP contribution in [0.2, 0.25) is 0 Å². The molecule has 0 unspecified atom stereocenters. The molecule has 1 aromatic heterocycles. The molecule has 2 N–H and O–H groups in total. The number of nitrogens with one attached hydrogen (secondary N) is 2. The molecule has 1 heterocycles. The normalized spacial score (nSPS) is 11.0. The molecule has 0 aromatic carbocycles. The summed E-state index contributed by atoms with van der Waals surface area (Å²) in [5.41, 5.74) is 1.15. The van der Waals surface area contributed by atoms with Crippen molar-refractivity contribution in [2.45, 2.75) is 26.3 Å². The van der Waals surface area contributed by atoms with E-state index in [1.165, 1.54) is 0 Å². The van der Waals surface area contributed by atoms with Gasteiger partial charge in [-0.3, -0.25) is 4.99 Å². The summed E-state index contributed by atoms with van der Waals surface area (Å²) in [5, 5.41) is 9.52. The first-order chi connectivity index (χ1) is 8.17. The summed E-state index contributed by atoms with van der Waals surface area (Å²) in [6, 6.07) is 0. The Labute approximate surface area is 130 Å². The van der Waals surface area contributed by atoms with Crippen molar-refractivity contribution in [3.8, 4) is 0 Å². The summed E-state index contributed by atoms with van der Waals surface area (Å²) in [4.78, 5) is 8.66. The lowest BCUT2D eigenvalue weighted by Crippen LogP contribution is -2.36. The molecule has 102 valence electrons. The number of thiazole rings is 1. The summed E-state index contributed by atoms with van der Waals surface area (Å²) in [5.74, 6) is 1.25. The highest BCUT2D eigenvalue weighted by molar-refractivity contribution is 14.0. The first kappa shape index (κ1) is 17.4. The van der Waals surface area contributed by atoms with Gasteiger partial charge in [0, 0.05) is 19.0 Å². The van der Waals surface area contributed by atoms with E-state index in [-0.39, 0.29) is 24.0 Å². The zero-order valence-electron chi connectivity index (χ0n) is 11.1. The molecule has 1 rings (SSSR count). The molecular weight excluding hydrogens is 359 g/mol. The van der Waals surface area contributed by atoms with Crippen LogP contribution in [0.5, 0.6) is 0 Å². The second-order valence-electron chi connectivity index (χ2n) is 3.92. The fourth-order valence-corrected chi connectivity index (χ4v) is 2.12. The molecule has 0 amide bonds. The minimum Gasteiger partial charge on any atom is -0.353 e. The summed E-state index contributed by atoms with van der Waals surface area (Å²) >= 11 is 1.68. The van der Waals surface area contributed by atoms with Gasteiger partial charge in [0.2, 0.25) is 0 Å². The van der Waals surface area contributed by atoms with Crippen molar-refractivity contribution in [2.24, 2.45) is 4.99 Å². The Kier molecular flexibility index (Phi) is 8.99. The van der Waals surface area contributed by atoms with E-state index in [0.717, 1.165) is 16.7 Å². The third-order valence-electron chi connectivity index (χ3n) is 2.21. The minimum absolute atomic E-state index is 0. The number of rotatable bonds is 5. The number of halogens is 1. The van der Waals surface area contributed by atoms with E-state index in [2.05, 4.69) is 46.4 Å². The number of nitrogens with zero attached hydrogens (tertiary/aromatic N) is 2. The molecule has 18 heavy (non-hydrogen) atoms. The fourth-order valence-electron chi connectivity index (χ4n) is 1.22. The molecule has 0 saturated heterocycles. The van der Waals surface area contributed by atoms with Gasteiger partial charge in [-0.2, -0.15) is 0 Å². The number of aromatic nitrogens is 1. The van der Waals surface area contributed by atoms with E-state index in [1.807, 2.05) is 0 Å². The number of guanidine groups is 1. The van der Waals surface area contributed by atoms with Gasteiger partial charge in [-0.15, -0.1) is 41.9 Å². The van der Waals surface area contributed by atoms with Crippen molar-refractivity contribution < 1.29 is 0 Å². The van der Waals surface area contributed by atoms with Crippen LogP contribution in [0.1, 0.15) is 30.5 Å². The lowest BCUT2D eigenvalue weighted by Gasteiger charge is -2.08. The van der Waals surface area contributed by atoms with Crippen LogP contribution in [0.4, 0.5) is 0 Å². The van der Waals surface area contributed by atoms with Gasteiger partial charge < -0.3 is 10.6 Å². The van der Waals surface area contributed by atoms with Crippen molar-refractivity contribution in [2.75, 3.05) is 13.6 Å². The second kappa shape index (κ2) is 9.32. The monoisotopic (exact) mass is 380 g/mol. The lowest BCUT2D eigenvalue weighted by atomic mass is 10.2. The molecule has 0 aliphatic carbocycles. The summed E-state index contributed by atoms with van der Waals surface area (Å²) in [6.07, 6.45) is 1.80. The van der Waals surface area contributed by atoms with Gasteiger partial charge in [-0.25, -0.2) is 4.98 Å². The van der Waals surface area contributed by atoms with E-state index in [1.54, 1.807) is 24.5 Å². The maximum Gasteiger partial charge on any atom is 0.191 e. The van der Waals surface area contributed by atoms with E-state index in [0.29, 0.717) is 19.0 Å². The molecule has 0 aliphatic heterocycles. The molecule has 0 bridgehead atoms. The average Bonchev–Trinajstić information content (AvgIpc) is 2.78. The van der Waals surface area contributed by atoms with E-state index >= 15 is 0 Å². The molecule has 0 fully saturated rings. The Morgan fingerprint density at radius 1 is 1.56 bits per heavy atom. The molecule has 1 aromatic rings. The first-order valence-corrected chi connectivity index (χ1v) is 6.55. The van der Waals surface area contributed by atoms with Crippen molar-refractivity contribution in [3.05, 3.63) is 28.7 Å². The van der Waals surface area contributed by atoms with Crippen LogP contribution in [0.25, 0.3) is 0 Å². The van der Waals surface area contributed by atoms with E-state index < -0.39 is 0 Å². The standard InChI is InChI=1S/C12H20N4S.HI/c1-5-6-14-12(13-4)15-7-11-16-10(8-17-11)9(2)3;/h5,8-9H,1,6-7H2,2-4H3,(H2,13,14,15);1H. The van der Waals surface area contributed by atoms with Crippen LogP contribution >= 0.6 is 35.3 Å². The molecule has 6 heteroatoms. The second-order valence-corrected chi connectivity index (χ2v) is 4.86. The van der Waals surface area contributed by atoms with Gasteiger partial charge in [0.1, 0.15) is 5.01 Å². The summed E-state index contributed by atoms with van der Waals surface area (Å²) < 4.78 is 0. The highest BCUT2D eigenvalue weighted by Crippen LogP contribution is 2.17. The van der Waals surface area contributed by atoms with E-state index in [4.69, 9.17) is 0 Å². The maximum atomic E-state index is 4.55. The fraction of sp³-hybridized carbons (Fsp3) is 0.500. The van der Waals surface area contributed by atoms with Crippen LogP contribution in [0.3, 0.4) is 0 Å². The molecule has 0 radical (unpaired) electrons. The summed E-state index contributed by atoms with van der Waals surface area (Å²) in [7, 11) is 1.75. The van der Waals surface area contributed by atoms with Gasteiger partial charge in [0.25, 0.3) is 0 Å². The van der Waals surface area contributed by atoms with Crippen LogP contribution in [-0.2, 0) is 6.54 Å². The number of hydrogen-bond acceptors (Lipinski definition) is 3. The van der Waals surface area contributed by atoms with Crippen molar-refractivity contribution in [1.82, 2.24) is 15.6 Å². The highest BCUT2D eigenvalue weighted by Gasteiger charge is 2.05. The maximum absolute atomic E-state index is 4.55. The van der Waals surface area contributed by atoms with Crippen LogP contribution in [0, 0.1) is 0 Å². The SMILES string of the molecule is C=CCNC(=NC)NCc1nc(C(C)C)cs1.I. The van der Waals surface area contributed by atoms with Crippen molar-refractivity contribution in [1.29, 1.82) is 0 Å². The minimum atomic E-state index is 0. The highest BCUT2D eigenvalue weighted by atomic mass is 127. The van der Waals surface area contributed by atoms with Crippen LogP contribution in [0.15, 0.2) is 23.0 Å². The van der Waals surface area contributed by atoms with Crippen molar-refractivity contribution in [3.63, 3.8) is 0 Å². The third kappa shape index (κ3) is 5.81. The van der Waals surface area contributed by atoms with Crippen LogP contribution < -0.4 is 10.6 Å². The molecular formula is C12H21IN4S. The van der Waals surface area contributed by atoms with E-state index in [9.17, 15) is 0 Å². The number of aliphatic imine (C=N–C) groups is 1. The van der Waals surface area contributed by atoms with Crippen LogP contribution in [-0.4, -0.2) is 24.5 Å². The Bertz CT molecular complexity index is 387. The predicted molar refractivity (Wildman–Crippen MR) is 90.0 cm³/mol. The predicted octanol–water partition coefficient (Wildman–Crippen LogP) is 2.74. The summed E-state index contributed by atoms with van der Waals surface area (Å²) in [6.45, 7) is 9.36. The van der Waals surface area contributed by atoms with Gasteiger partial charge in [0.15, 0.2) is 5.96 Å². The third-order valence-corrected chi connectivity index (χ3v) is 3.07. The Morgan fingerprint density at radius 3 is 2.78 bits per heavy atom. The molecule has 0 aliphatic rings. The first-order valence-electron chi connectivity index (χ1n) is 5.67. The molecule has 0 spiro atoms. The smallest absolute Gasteiger partial charge is 0.191 e. The average molecular weight is 380 g/mol. The van der Waals surface area contributed by atoms with Gasteiger partial charge in [-0.05, 0) is 5.92 Å². The quantitative estimate of drug-likeness (QED) is 0.358. The Morgan fingerprint density at radius 2 is 2.28 bits per heavy atom.